The lowest BCUT2D eigenvalue weighted by atomic mass is 10.2. The maximum absolute atomic E-state index is 12.5. The van der Waals surface area contributed by atoms with E-state index in [9.17, 15) is 8.78 Å². The van der Waals surface area contributed by atoms with Crippen molar-refractivity contribution in [1.29, 1.82) is 0 Å². The topological polar surface area (TPSA) is 54.9 Å². The first kappa shape index (κ1) is 24.8. The highest BCUT2D eigenvalue weighted by Gasteiger charge is 2.11. The van der Waals surface area contributed by atoms with Gasteiger partial charge >= 0.3 is 6.61 Å². The van der Waals surface area contributed by atoms with E-state index in [4.69, 9.17) is 4.74 Å². The number of hydrogen-bond donors (Lipinski definition) is 2. The molecule has 0 amide bonds. The Morgan fingerprint density at radius 3 is 2.77 bits per heavy atom. The molecule has 5 nitrogen and oxygen atoms in total. The first-order valence-corrected chi connectivity index (χ1v) is 9.08. The van der Waals surface area contributed by atoms with Crippen molar-refractivity contribution in [2.75, 3.05) is 31.7 Å². The Morgan fingerprint density at radius 2 is 2.15 bits per heavy atom. The summed E-state index contributed by atoms with van der Waals surface area (Å²) in [5.41, 5.74) is 0.526. The average molecular weight is 501 g/mol. The van der Waals surface area contributed by atoms with Crippen molar-refractivity contribution in [3.63, 3.8) is 0 Å². The van der Waals surface area contributed by atoms with Crippen LogP contribution in [0.25, 0.3) is 0 Å². The fraction of sp³-hybridized carbons (Fsp3) is 0.471. The third-order valence-corrected chi connectivity index (χ3v) is 3.97. The lowest BCUT2D eigenvalue weighted by Crippen LogP contribution is -2.38. The second-order valence-corrected chi connectivity index (χ2v) is 5.99. The minimum absolute atomic E-state index is 0. The van der Waals surface area contributed by atoms with Gasteiger partial charge in [-0.2, -0.15) is 20.5 Å². The van der Waals surface area contributed by atoms with Crippen LogP contribution in [-0.2, 0) is 6.54 Å². The van der Waals surface area contributed by atoms with Crippen LogP contribution >= 0.6 is 35.7 Å². The predicted molar refractivity (Wildman–Crippen MR) is 115 cm³/mol. The van der Waals surface area contributed by atoms with E-state index >= 15 is 0 Å². The number of nitrogens with one attached hydrogen (secondary N) is 2. The summed E-state index contributed by atoms with van der Waals surface area (Å²) in [5, 5.41) is 6.32. The Hall–Kier alpha value is -1.23. The van der Waals surface area contributed by atoms with E-state index in [0.717, 1.165) is 18.1 Å². The van der Waals surface area contributed by atoms with E-state index in [0.29, 0.717) is 23.8 Å². The quantitative estimate of drug-likeness (QED) is 0.159. The van der Waals surface area contributed by atoms with E-state index in [1.165, 1.54) is 13.2 Å². The molecule has 0 fully saturated rings. The molecular weight excluding hydrogens is 475 g/mol. The molecule has 0 aliphatic heterocycles. The van der Waals surface area contributed by atoms with Crippen molar-refractivity contribution in [3.05, 3.63) is 36.4 Å². The third-order valence-electron chi connectivity index (χ3n) is 3.01. The molecule has 0 aromatic heterocycles. The highest BCUT2D eigenvalue weighted by Crippen LogP contribution is 2.26. The van der Waals surface area contributed by atoms with Crippen LogP contribution < -0.4 is 20.1 Å². The maximum Gasteiger partial charge on any atom is 0.387 e. The summed E-state index contributed by atoms with van der Waals surface area (Å²) in [6.07, 6.45) is 1.86. The molecule has 0 saturated carbocycles. The third kappa shape index (κ3) is 10.0. The standard InChI is InChI=1S/C17H25F2N3O2S.HI/c1-4-9-25-10-8-21-17(20-5-2)22-12-13-11-14(23-3)6-7-15(13)24-16(18)19;/h4,6-7,11,16H,1,5,8-10,12H2,2-3H3,(H2,20,21,22);1H. The summed E-state index contributed by atoms with van der Waals surface area (Å²) < 4.78 is 34.8. The highest BCUT2D eigenvalue weighted by atomic mass is 127. The van der Waals surface area contributed by atoms with Gasteiger partial charge in [-0.1, -0.05) is 6.08 Å². The van der Waals surface area contributed by atoms with Gasteiger partial charge in [-0.25, -0.2) is 4.99 Å². The number of guanidine groups is 1. The van der Waals surface area contributed by atoms with Gasteiger partial charge in [0, 0.05) is 30.2 Å². The molecule has 0 radical (unpaired) electrons. The molecule has 0 heterocycles. The van der Waals surface area contributed by atoms with E-state index in [-0.39, 0.29) is 36.3 Å². The van der Waals surface area contributed by atoms with E-state index in [2.05, 4.69) is 26.9 Å². The number of hydrogen-bond acceptors (Lipinski definition) is 4. The van der Waals surface area contributed by atoms with Gasteiger partial charge in [0.1, 0.15) is 11.5 Å². The normalized spacial score (nSPS) is 10.9. The van der Waals surface area contributed by atoms with Crippen LogP contribution in [-0.4, -0.2) is 44.3 Å². The van der Waals surface area contributed by atoms with Gasteiger partial charge in [-0.05, 0) is 25.1 Å². The largest absolute Gasteiger partial charge is 0.497 e. The van der Waals surface area contributed by atoms with Gasteiger partial charge in [0.15, 0.2) is 5.96 Å². The zero-order valence-electron chi connectivity index (χ0n) is 15.0. The van der Waals surface area contributed by atoms with Crippen LogP contribution in [0, 0.1) is 0 Å². The smallest absolute Gasteiger partial charge is 0.387 e. The first-order valence-electron chi connectivity index (χ1n) is 7.93. The van der Waals surface area contributed by atoms with Crippen LogP contribution in [0.5, 0.6) is 11.5 Å². The number of halogens is 3. The van der Waals surface area contributed by atoms with Crippen molar-refractivity contribution in [2.45, 2.75) is 20.1 Å². The number of aliphatic imine (C=N–C) groups is 1. The second-order valence-electron chi connectivity index (χ2n) is 4.84. The Balaban J connectivity index is 0.00000625. The molecule has 26 heavy (non-hydrogen) atoms. The fourth-order valence-corrected chi connectivity index (χ4v) is 2.51. The summed E-state index contributed by atoms with van der Waals surface area (Å²) in [5.74, 6) is 3.08. The van der Waals surface area contributed by atoms with Crippen molar-refractivity contribution >= 4 is 41.7 Å². The summed E-state index contributed by atoms with van der Waals surface area (Å²) >= 11 is 1.76. The molecule has 1 rings (SSSR count). The number of nitrogens with zero attached hydrogens (tertiary/aromatic N) is 1. The van der Waals surface area contributed by atoms with Gasteiger partial charge in [0.05, 0.1) is 13.7 Å². The molecule has 0 saturated heterocycles. The molecule has 2 N–H and O–H groups in total. The van der Waals surface area contributed by atoms with Crippen molar-refractivity contribution in [2.24, 2.45) is 4.99 Å². The zero-order chi connectivity index (χ0) is 18.5. The Bertz CT molecular complexity index is 563. The number of alkyl halides is 2. The molecule has 0 unspecified atom stereocenters. The fourth-order valence-electron chi connectivity index (χ4n) is 1.93. The monoisotopic (exact) mass is 501 g/mol. The van der Waals surface area contributed by atoms with Gasteiger partial charge in [-0.15, -0.1) is 30.6 Å². The highest BCUT2D eigenvalue weighted by molar-refractivity contribution is 14.0. The number of ether oxygens (including phenoxy) is 2. The van der Waals surface area contributed by atoms with E-state index < -0.39 is 6.61 Å². The summed E-state index contributed by atoms with van der Waals surface area (Å²) in [7, 11) is 1.52. The molecule has 0 atom stereocenters. The van der Waals surface area contributed by atoms with E-state index in [1.807, 2.05) is 13.0 Å². The van der Waals surface area contributed by atoms with Gasteiger partial charge in [-0.3, -0.25) is 0 Å². The summed E-state index contributed by atoms with van der Waals surface area (Å²) in [4.78, 5) is 4.43. The number of thioether (sulfide) groups is 1. The van der Waals surface area contributed by atoms with Crippen LogP contribution in [0.3, 0.4) is 0 Å². The molecule has 148 valence electrons. The molecular formula is C17H26F2IN3O2S. The maximum atomic E-state index is 12.5. The van der Waals surface area contributed by atoms with Crippen LogP contribution in [0.1, 0.15) is 12.5 Å². The number of rotatable bonds is 11. The molecule has 0 spiro atoms. The number of methoxy groups -OCH3 is 1. The molecule has 0 aliphatic carbocycles. The minimum Gasteiger partial charge on any atom is -0.497 e. The minimum atomic E-state index is -2.88. The van der Waals surface area contributed by atoms with Gasteiger partial charge in [0.25, 0.3) is 0 Å². The second kappa shape index (κ2) is 14.9. The van der Waals surface area contributed by atoms with Crippen LogP contribution in [0.2, 0.25) is 0 Å². The summed E-state index contributed by atoms with van der Waals surface area (Å²) in [6.45, 7) is 4.38. The average Bonchev–Trinajstić information content (AvgIpc) is 2.59. The predicted octanol–water partition coefficient (Wildman–Crippen LogP) is 3.89. The Kier molecular flexibility index (Phi) is 14.2. The van der Waals surface area contributed by atoms with Gasteiger partial charge in [0.2, 0.25) is 0 Å². The van der Waals surface area contributed by atoms with Crippen LogP contribution in [0.15, 0.2) is 35.8 Å². The van der Waals surface area contributed by atoms with Crippen LogP contribution in [0.4, 0.5) is 8.78 Å². The van der Waals surface area contributed by atoms with Crippen molar-refractivity contribution in [1.82, 2.24) is 10.6 Å². The summed E-state index contributed by atoms with van der Waals surface area (Å²) in [6, 6.07) is 4.68. The molecule has 0 bridgehead atoms. The molecule has 1 aromatic rings. The lowest BCUT2D eigenvalue weighted by molar-refractivity contribution is -0.0504. The van der Waals surface area contributed by atoms with E-state index in [1.54, 1.807) is 23.9 Å². The lowest BCUT2D eigenvalue weighted by Gasteiger charge is -2.13. The first-order chi connectivity index (χ1) is 12.1. The van der Waals surface area contributed by atoms with Crippen molar-refractivity contribution < 1.29 is 18.3 Å². The Labute approximate surface area is 175 Å². The Morgan fingerprint density at radius 1 is 1.38 bits per heavy atom. The van der Waals surface area contributed by atoms with Crippen molar-refractivity contribution in [3.8, 4) is 11.5 Å². The zero-order valence-corrected chi connectivity index (χ0v) is 18.1. The molecule has 1 aromatic carbocycles. The molecule has 9 heteroatoms. The van der Waals surface area contributed by atoms with Gasteiger partial charge < -0.3 is 20.1 Å². The number of benzene rings is 1. The SMILES string of the molecule is C=CCSCCNC(=NCc1cc(OC)ccc1OC(F)F)NCC.I. The molecule has 0 aliphatic rings.